The van der Waals surface area contributed by atoms with Gasteiger partial charge in [-0.05, 0) is 103 Å². The Morgan fingerprint density at radius 2 is 0.879 bits per heavy atom. The summed E-state index contributed by atoms with van der Waals surface area (Å²) < 4.78 is 22.9. The maximum atomic E-state index is 12.8. The first-order chi connectivity index (χ1) is 32.4. The van der Waals surface area contributed by atoms with Gasteiger partial charge in [0.15, 0.2) is 6.29 Å². The van der Waals surface area contributed by atoms with E-state index in [4.69, 9.17) is 18.9 Å². The Kier molecular flexibility index (Phi) is 42.9. The minimum atomic E-state index is -1.55. The normalized spacial score (nSPS) is 20.4. The summed E-state index contributed by atoms with van der Waals surface area (Å²) in [6.07, 6.45) is 60.8. The molecule has 0 bridgehead atoms. The molecule has 0 aromatic rings. The maximum Gasteiger partial charge on any atom is 0.306 e. The van der Waals surface area contributed by atoms with Crippen LogP contribution in [0.2, 0.25) is 0 Å². The van der Waals surface area contributed by atoms with Gasteiger partial charge < -0.3 is 39.4 Å². The quantitative estimate of drug-likeness (QED) is 0.0268. The molecular formula is C57H92O9. The van der Waals surface area contributed by atoms with Crippen molar-refractivity contribution >= 4 is 5.97 Å². The van der Waals surface area contributed by atoms with Crippen LogP contribution in [0.1, 0.15) is 168 Å². The summed E-state index contributed by atoms with van der Waals surface area (Å²) in [6, 6.07) is 0. The Morgan fingerprint density at radius 1 is 0.485 bits per heavy atom. The smallest absolute Gasteiger partial charge is 0.306 e. The lowest BCUT2D eigenvalue weighted by Crippen LogP contribution is -2.59. The van der Waals surface area contributed by atoms with Crippen molar-refractivity contribution in [3.63, 3.8) is 0 Å². The van der Waals surface area contributed by atoms with E-state index in [1.807, 2.05) is 0 Å². The van der Waals surface area contributed by atoms with E-state index in [9.17, 15) is 25.2 Å². The zero-order valence-electron chi connectivity index (χ0n) is 41.1. The molecule has 0 aliphatic carbocycles. The Balaban J connectivity index is 2.27. The number of allylic oxidation sites excluding steroid dienone is 20. The number of unbranched alkanes of at least 4 members (excludes halogenated alkanes) is 11. The topological polar surface area (TPSA) is 135 Å². The molecule has 1 saturated heterocycles. The molecule has 1 aliphatic rings. The number of esters is 1. The summed E-state index contributed by atoms with van der Waals surface area (Å²) in [5, 5.41) is 40.3. The minimum absolute atomic E-state index is 0.117. The van der Waals surface area contributed by atoms with Crippen LogP contribution < -0.4 is 0 Å². The Morgan fingerprint density at radius 3 is 1.32 bits per heavy atom. The van der Waals surface area contributed by atoms with Gasteiger partial charge in [0.1, 0.15) is 30.5 Å². The first-order valence-corrected chi connectivity index (χ1v) is 25.6. The van der Waals surface area contributed by atoms with Crippen LogP contribution in [-0.4, -0.2) is 89.6 Å². The standard InChI is InChI=1S/C57H92O9/c1-3-5-7-9-11-13-15-17-19-21-23-25-26-27-28-30-32-34-36-38-40-42-44-46-53(59)65-51(50-64-57-56(62)55(61)54(60)52(48-58)66-57)49-63-47-45-43-41-39-37-35-33-31-29-24-22-20-18-16-14-12-10-8-6-4-2/h5-8,11-14,17-20,23-25,27-29,32,34,51-52,54-58,60-62H,3-4,9-10,15-16,21-22,26,30-31,33,35-50H2,1-2H3/b7-5-,8-6-,13-11-,14-12-,19-17-,20-18-,25-23-,28-27-,29-24-,34-32-. The van der Waals surface area contributed by atoms with Gasteiger partial charge in [-0.25, -0.2) is 0 Å². The highest BCUT2D eigenvalue weighted by Gasteiger charge is 2.44. The lowest BCUT2D eigenvalue weighted by atomic mass is 9.99. The van der Waals surface area contributed by atoms with Gasteiger partial charge >= 0.3 is 5.97 Å². The van der Waals surface area contributed by atoms with Crippen molar-refractivity contribution < 1.29 is 44.2 Å². The number of hydrogen-bond donors (Lipinski definition) is 4. The fraction of sp³-hybridized carbons (Fsp3) is 0.632. The first-order valence-electron chi connectivity index (χ1n) is 25.6. The second-order valence-electron chi connectivity index (χ2n) is 16.8. The highest BCUT2D eigenvalue weighted by molar-refractivity contribution is 5.69. The fourth-order valence-corrected chi connectivity index (χ4v) is 6.96. The zero-order valence-corrected chi connectivity index (χ0v) is 41.1. The number of ether oxygens (including phenoxy) is 4. The molecule has 9 nitrogen and oxygen atoms in total. The van der Waals surface area contributed by atoms with Gasteiger partial charge in [-0.3, -0.25) is 4.79 Å². The van der Waals surface area contributed by atoms with Gasteiger partial charge in [-0.2, -0.15) is 0 Å². The van der Waals surface area contributed by atoms with E-state index in [-0.39, 0.29) is 25.6 Å². The van der Waals surface area contributed by atoms with E-state index in [2.05, 4.69) is 135 Å². The minimum Gasteiger partial charge on any atom is -0.457 e. The monoisotopic (exact) mass is 921 g/mol. The Bertz CT molecular complexity index is 1420. The summed E-state index contributed by atoms with van der Waals surface area (Å²) in [7, 11) is 0. The van der Waals surface area contributed by atoms with Crippen molar-refractivity contribution in [1.29, 1.82) is 0 Å². The number of aliphatic hydroxyl groups is 4. The molecule has 66 heavy (non-hydrogen) atoms. The predicted molar refractivity (Wildman–Crippen MR) is 274 cm³/mol. The van der Waals surface area contributed by atoms with Crippen LogP contribution in [0.25, 0.3) is 0 Å². The van der Waals surface area contributed by atoms with Crippen molar-refractivity contribution in [2.24, 2.45) is 0 Å². The van der Waals surface area contributed by atoms with Crippen molar-refractivity contribution in [2.45, 2.75) is 205 Å². The molecule has 4 N–H and O–H groups in total. The van der Waals surface area contributed by atoms with E-state index < -0.39 is 43.4 Å². The molecule has 0 saturated carbocycles. The average Bonchev–Trinajstić information content (AvgIpc) is 3.32. The molecule has 374 valence electrons. The molecular weight excluding hydrogens is 829 g/mol. The molecule has 0 amide bonds. The molecule has 0 aromatic heterocycles. The van der Waals surface area contributed by atoms with Gasteiger partial charge in [0.05, 0.1) is 19.8 Å². The molecule has 0 spiro atoms. The van der Waals surface area contributed by atoms with Crippen molar-refractivity contribution in [3.8, 4) is 0 Å². The fourth-order valence-electron chi connectivity index (χ4n) is 6.96. The summed E-state index contributed by atoms with van der Waals surface area (Å²) in [4.78, 5) is 12.8. The van der Waals surface area contributed by atoms with Crippen LogP contribution >= 0.6 is 0 Å². The van der Waals surface area contributed by atoms with Crippen LogP contribution in [0.5, 0.6) is 0 Å². The second-order valence-corrected chi connectivity index (χ2v) is 16.8. The number of hydrogen-bond acceptors (Lipinski definition) is 9. The second kappa shape index (κ2) is 46.7. The van der Waals surface area contributed by atoms with Crippen LogP contribution in [0, 0.1) is 0 Å². The van der Waals surface area contributed by atoms with Crippen LogP contribution in [0.4, 0.5) is 0 Å². The van der Waals surface area contributed by atoms with Crippen molar-refractivity contribution in [2.75, 3.05) is 26.4 Å². The SMILES string of the molecule is CC/C=C\C/C=C\C/C=C\C/C=C\C/C=C\C/C=C\CCCCCCC(=O)OC(COCCCCCCCCC/C=C\C/C=C\C/C=C\C/C=C\CC)COC1OC(CO)C(O)C(O)C1O. The van der Waals surface area contributed by atoms with Crippen molar-refractivity contribution in [3.05, 3.63) is 122 Å². The third kappa shape index (κ3) is 36.7. The lowest BCUT2D eigenvalue weighted by Gasteiger charge is -2.39. The van der Waals surface area contributed by atoms with Crippen LogP contribution in [0.3, 0.4) is 0 Å². The van der Waals surface area contributed by atoms with Gasteiger partial charge in [-0.1, -0.05) is 180 Å². The first kappa shape index (κ1) is 60.6. The summed E-state index contributed by atoms with van der Waals surface area (Å²) in [6.45, 7) is 4.25. The highest BCUT2D eigenvalue weighted by Crippen LogP contribution is 2.22. The van der Waals surface area contributed by atoms with E-state index in [1.165, 1.54) is 25.7 Å². The molecule has 9 heteroatoms. The summed E-state index contributed by atoms with van der Waals surface area (Å²) in [5.74, 6) is -0.347. The van der Waals surface area contributed by atoms with Gasteiger partial charge in [-0.15, -0.1) is 0 Å². The number of rotatable bonds is 42. The molecule has 6 unspecified atom stereocenters. The predicted octanol–water partition coefficient (Wildman–Crippen LogP) is 12.7. The molecule has 0 aromatic carbocycles. The zero-order chi connectivity index (χ0) is 47.8. The largest absolute Gasteiger partial charge is 0.457 e. The molecule has 6 atom stereocenters. The number of aliphatic hydroxyl groups excluding tert-OH is 4. The number of carbonyl (C=O) groups is 1. The average molecular weight is 921 g/mol. The summed E-state index contributed by atoms with van der Waals surface area (Å²) in [5.41, 5.74) is 0. The van der Waals surface area contributed by atoms with E-state index in [0.717, 1.165) is 116 Å². The van der Waals surface area contributed by atoms with E-state index >= 15 is 0 Å². The molecule has 1 fully saturated rings. The molecule has 1 aliphatic heterocycles. The Labute approximate surface area is 401 Å². The molecule has 1 rings (SSSR count). The maximum absolute atomic E-state index is 12.8. The van der Waals surface area contributed by atoms with Crippen LogP contribution in [-0.2, 0) is 23.7 Å². The van der Waals surface area contributed by atoms with E-state index in [1.54, 1.807) is 0 Å². The summed E-state index contributed by atoms with van der Waals surface area (Å²) >= 11 is 0. The van der Waals surface area contributed by atoms with Gasteiger partial charge in [0, 0.05) is 13.0 Å². The van der Waals surface area contributed by atoms with Crippen LogP contribution in [0.15, 0.2) is 122 Å². The Hall–Kier alpha value is -3.41. The van der Waals surface area contributed by atoms with Gasteiger partial charge in [0.25, 0.3) is 0 Å². The molecule has 1 heterocycles. The van der Waals surface area contributed by atoms with E-state index in [0.29, 0.717) is 13.0 Å². The number of carbonyl (C=O) groups excluding carboxylic acids is 1. The van der Waals surface area contributed by atoms with Crippen molar-refractivity contribution in [1.82, 2.24) is 0 Å². The van der Waals surface area contributed by atoms with Gasteiger partial charge in [0.2, 0.25) is 0 Å². The third-order valence-corrected chi connectivity index (χ3v) is 10.9. The lowest BCUT2D eigenvalue weighted by molar-refractivity contribution is -0.305. The molecule has 0 radical (unpaired) electrons. The third-order valence-electron chi connectivity index (χ3n) is 10.9. The highest BCUT2D eigenvalue weighted by atomic mass is 16.7.